The van der Waals surface area contributed by atoms with E-state index in [1.165, 1.54) is 6.42 Å². The molecule has 5 heteroatoms. The molecule has 3 fully saturated rings. The van der Waals surface area contributed by atoms with E-state index in [1.54, 1.807) is 0 Å². The Kier molecular flexibility index (Phi) is 5.06. The molecule has 5 atom stereocenters. The second-order valence-electron chi connectivity index (χ2n) is 7.84. The van der Waals surface area contributed by atoms with E-state index < -0.39 is 6.10 Å². The maximum Gasteiger partial charge on any atom is 0.227 e. The molecular weight excluding hydrogens is 314 g/mol. The number of nitrogens with zero attached hydrogens (tertiary/aromatic N) is 1. The monoisotopic (exact) mass is 343 g/mol. The summed E-state index contributed by atoms with van der Waals surface area (Å²) in [4.78, 5) is 15.3. The van der Waals surface area contributed by atoms with Crippen LogP contribution in [0, 0.1) is 11.8 Å². The molecule has 1 aromatic carbocycles. The van der Waals surface area contributed by atoms with Gasteiger partial charge in [-0.05, 0) is 43.6 Å². The third-order valence-corrected chi connectivity index (χ3v) is 6.32. The van der Waals surface area contributed by atoms with E-state index in [-0.39, 0.29) is 18.0 Å². The second-order valence-corrected chi connectivity index (χ2v) is 7.84. The van der Waals surface area contributed by atoms with Gasteiger partial charge < -0.3 is 10.0 Å². The summed E-state index contributed by atoms with van der Waals surface area (Å²) in [5.74, 6) is 0.968. The molecule has 0 bridgehead atoms. The quantitative estimate of drug-likeness (QED) is 0.782. The summed E-state index contributed by atoms with van der Waals surface area (Å²) in [6.07, 6.45) is 5.54. The Bertz CT molecular complexity index is 594. The summed E-state index contributed by atoms with van der Waals surface area (Å²) in [5, 5.41) is 10.6. The lowest BCUT2D eigenvalue weighted by Crippen LogP contribution is -2.50. The molecule has 1 aliphatic carbocycles. The molecule has 3 N–H and O–H groups in total. The summed E-state index contributed by atoms with van der Waals surface area (Å²) in [7, 11) is 0. The zero-order valence-corrected chi connectivity index (χ0v) is 14.7. The Balaban J connectivity index is 1.43. The van der Waals surface area contributed by atoms with Crippen molar-refractivity contribution in [2.24, 2.45) is 11.8 Å². The Morgan fingerprint density at radius 2 is 2.04 bits per heavy atom. The van der Waals surface area contributed by atoms with Gasteiger partial charge in [0, 0.05) is 25.2 Å². The standard InChI is InChI=1S/C20H29N3O2/c24-18(14-6-2-1-3-7-14)12-16-9-5-11-23(16)20(25)17-10-4-8-15-13-21-22-19(15)17/h1-3,6-7,15-19,21-22,24H,4-5,8-13H2. The topological polar surface area (TPSA) is 64.6 Å². The van der Waals surface area contributed by atoms with Crippen LogP contribution in [0.1, 0.15) is 50.2 Å². The van der Waals surface area contributed by atoms with Gasteiger partial charge >= 0.3 is 0 Å². The van der Waals surface area contributed by atoms with Crippen molar-refractivity contribution in [1.29, 1.82) is 0 Å². The Labute approximate surface area is 149 Å². The van der Waals surface area contributed by atoms with Gasteiger partial charge in [0.05, 0.1) is 12.0 Å². The van der Waals surface area contributed by atoms with Gasteiger partial charge in [-0.2, -0.15) is 0 Å². The van der Waals surface area contributed by atoms with Crippen molar-refractivity contribution in [3.63, 3.8) is 0 Å². The fourth-order valence-electron chi connectivity index (χ4n) is 4.97. The highest BCUT2D eigenvalue weighted by Crippen LogP contribution is 2.35. The number of benzene rings is 1. The van der Waals surface area contributed by atoms with E-state index in [0.717, 1.165) is 44.3 Å². The summed E-state index contributed by atoms with van der Waals surface area (Å²) in [6.45, 7) is 1.82. The third-order valence-electron chi connectivity index (χ3n) is 6.32. The predicted molar refractivity (Wildman–Crippen MR) is 96.5 cm³/mol. The van der Waals surface area contributed by atoms with Crippen molar-refractivity contribution in [3.8, 4) is 0 Å². The minimum absolute atomic E-state index is 0.0863. The Hall–Kier alpha value is -1.43. The van der Waals surface area contributed by atoms with Crippen LogP contribution in [0.2, 0.25) is 0 Å². The molecular formula is C20H29N3O2. The summed E-state index contributed by atoms with van der Waals surface area (Å²) in [5.41, 5.74) is 7.54. The van der Waals surface area contributed by atoms with Crippen molar-refractivity contribution < 1.29 is 9.90 Å². The van der Waals surface area contributed by atoms with Crippen LogP contribution < -0.4 is 10.9 Å². The molecule has 4 rings (SSSR count). The summed E-state index contributed by atoms with van der Waals surface area (Å²) >= 11 is 0. The lowest BCUT2D eigenvalue weighted by atomic mass is 9.77. The summed E-state index contributed by atoms with van der Waals surface area (Å²) in [6, 6.07) is 10.2. The van der Waals surface area contributed by atoms with Gasteiger partial charge in [-0.25, -0.2) is 0 Å². The third kappa shape index (κ3) is 3.46. The molecule has 0 radical (unpaired) electrons. The maximum absolute atomic E-state index is 13.2. The maximum atomic E-state index is 13.2. The second kappa shape index (κ2) is 7.44. The number of aliphatic hydroxyl groups excluding tert-OH is 1. The molecule has 2 heterocycles. The molecule has 2 aliphatic heterocycles. The average Bonchev–Trinajstić information content (AvgIpc) is 3.30. The van der Waals surface area contributed by atoms with E-state index in [1.807, 2.05) is 30.3 Å². The van der Waals surface area contributed by atoms with Crippen LogP contribution in [0.3, 0.4) is 0 Å². The zero-order valence-electron chi connectivity index (χ0n) is 14.7. The number of hydrogen-bond donors (Lipinski definition) is 3. The fourth-order valence-corrected chi connectivity index (χ4v) is 4.97. The molecule has 0 spiro atoms. The number of hydrazine groups is 1. The molecule has 136 valence electrons. The van der Waals surface area contributed by atoms with Gasteiger partial charge in [0.1, 0.15) is 0 Å². The van der Waals surface area contributed by atoms with E-state index in [9.17, 15) is 9.90 Å². The van der Waals surface area contributed by atoms with E-state index in [2.05, 4.69) is 15.8 Å². The van der Waals surface area contributed by atoms with Crippen molar-refractivity contribution in [2.45, 2.75) is 56.7 Å². The minimum atomic E-state index is -0.495. The fraction of sp³-hybridized carbons (Fsp3) is 0.650. The van der Waals surface area contributed by atoms with Gasteiger partial charge in [0.2, 0.25) is 5.91 Å². The Morgan fingerprint density at radius 3 is 2.88 bits per heavy atom. The van der Waals surface area contributed by atoms with Gasteiger partial charge in [-0.1, -0.05) is 36.8 Å². The molecule has 5 nitrogen and oxygen atoms in total. The van der Waals surface area contributed by atoms with E-state index >= 15 is 0 Å². The Morgan fingerprint density at radius 1 is 1.20 bits per heavy atom. The van der Waals surface area contributed by atoms with Gasteiger partial charge in [-0.15, -0.1) is 0 Å². The number of amides is 1. The molecule has 25 heavy (non-hydrogen) atoms. The highest BCUT2D eigenvalue weighted by molar-refractivity contribution is 5.80. The highest BCUT2D eigenvalue weighted by Gasteiger charge is 2.43. The number of rotatable bonds is 4. The molecule has 3 aliphatic rings. The first-order valence-corrected chi connectivity index (χ1v) is 9.76. The van der Waals surface area contributed by atoms with Gasteiger partial charge in [0.25, 0.3) is 0 Å². The normalized spacial score (nSPS) is 33.2. The number of carbonyl (C=O) groups excluding carboxylic acids is 1. The van der Waals surface area contributed by atoms with Gasteiger partial charge in [0.15, 0.2) is 0 Å². The van der Waals surface area contributed by atoms with Crippen molar-refractivity contribution in [3.05, 3.63) is 35.9 Å². The average molecular weight is 343 g/mol. The lowest BCUT2D eigenvalue weighted by Gasteiger charge is -2.36. The molecule has 0 aromatic heterocycles. The van der Waals surface area contributed by atoms with Crippen molar-refractivity contribution >= 4 is 5.91 Å². The zero-order chi connectivity index (χ0) is 17.2. The smallest absolute Gasteiger partial charge is 0.227 e. The van der Waals surface area contributed by atoms with Crippen molar-refractivity contribution in [1.82, 2.24) is 15.8 Å². The number of nitrogens with one attached hydrogen (secondary N) is 2. The molecule has 1 saturated carbocycles. The summed E-state index contributed by atoms with van der Waals surface area (Å²) < 4.78 is 0. The highest BCUT2D eigenvalue weighted by atomic mass is 16.3. The van der Waals surface area contributed by atoms with Crippen molar-refractivity contribution in [2.75, 3.05) is 13.1 Å². The largest absolute Gasteiger partial charge is 0.388 e. The molecule has 1 aromatic rings. The predicted octanol–water partition coefficient (Wildman–Crippen LogP) is 1.99. The number of fused-ring (bicyclic) bond motifs is 1. The van der Waals surface area contributed by atoms with Crippen LogP contribution in [-0.2, 0) is 4.79 Å². The minimum Gasteiger partial charge on any atom is -0.388 e. The first-order chi connectivity index (χ1) is 12.2. The number of hydrogen-bond acceptors (Lipinski definition) is 4. The van der Waals surface area contributed by atoms with E-state index in [4.69, 9.17) is 0 Å². The van der Waals surface area contributed by atoms with Crippen LogP contribution in [0.25, 0.3) is 0 Å². The number of carbonyl (C=O) groups is 1. The van der Waals surface area contributed by atoms with Gasteiger partial charge in [-0.3, -0.25) is 15.6 Å². The van der Waals surface area contributed by atoms with Crippen LogP contribution in [0.4, 0.5) is 0 Å². The first-order valence-electron chi connectivity index (χ1n) is 9.76. The van der Waals surface area contributed by atoms with Crippen LogP contribution in [0.5, 0.6) is 0 Å². The SMILES string of the molecule is O=C(C1CCCC2CNNC21)N1CCCC1CC(O)c1ccccc1. The molecule has 1 amide bonds. The number of likely N-dealkylation sites (tertiary alicyclic amines) is 1. The van der Waals surface area contributed by atoms with Crippen LogP contribution in [0.15, 0.2) is 30.3 Å². The molecule has 5 unspecified atom stereocenters. The first kappa shape index (κ1) is 17.0. The van der Waals surface area contributed by atoms with E-state index in [0.29, 0.717) is 18.2 Å². The molecule has 2 saturated heterocycles. The van der Waals surface area contributed by atoms with Crippen LogP contribution >= 0.6 is 0 Å². The number of aliphatic hydroxyl groups is 1. The van der Waals surface area contributed by atoms with Crippen LogP contribution in [-0.4, -0.2) is 41.1 Å². The lowest BCUT2D eigenvalue weighted by molar-refractivity contribution is -0.139.